The van der Waals surface area contributed by atoms with Crippen LogP contribution in [0.3, 0.4) is 0 Å². The van der Waals surface area contributed by atoms with Gasteiger partial charge in [0.15, 0.2) is 0 Å². The van der Waals surface area contributed by atoms with Crippen molar-refractivity contribution in [2.45, 2.75) is 32.5 Å². The fourth-order valence-corrected chi connectivity index (χ4v) is 1.93. The van der Waals surface area contributed by atoms with Crippen LogP contribution in [0.25, 0.3) is 0 Å². The predicted octanol–water partition coefficient (Wildman–Crippen LogP) is 1.51. The van der Waals surface area contributed by atoms with E-state index in [9.17, 15) is 4.79 Å². The first-order chi connectivity index (χ1) is 9.66. The lowest BCUT2D eigenvalue weighted by molar-refractivity contribution is -0.122. The molecule has 1 unspecified atom stereocenters. The number of hydrogen-bond acceptors (Lipinski definition) is 3. The van der Waals surface area contributed by atoms with Crippen LogP contribution in [0.15, 0.2) is 42.7 Å². The second kappa shape index (κ2) is 8.44. The topological polar surface area (TPSA) is 72.9 Å². The predicted molar refractivity (Wildman–Crippen MR) is 85.1 cm³/mol. The van der Waals surface area contributed by atoms with Crippen molar-refractivity contribution >= 4 is 18.3 Å². The number of carbonyl (C=O) groups is 1. The van der Waals surface area contributed by atoms with Gasteiger partial charge in [-0.05, 0) is 18.9 Å². The monoisotopic (exact) mass is 308 g/mol. The van der Waals surface area contributed by atoms with Gasteiger partial charge in [-0.1, -0.05) is 30.3 Å². The molecule has 5 nitrogen and oxygen atoms in total. The van der Waals surface area contributed by atoms with E-state index >= 15 is 0 Å². The zero-order valence-corrected chi connectivity index (χ0v) is 12.8. The number of aryl methyl sites for hydroxylation is 2. The number of imidazole rings is 1. The van der Waals surface area contributed by atoms with Crippen molar-refractivity contribution in [2.24, 2.45) is 5.73 Å². The molecule has 1 heterocycles. The molecule has 0 fully saturated rings. The second-order valence-corrected chi connectivity index (χ2v) is 4.78. The number of nitrogens with two attached hydrogens (primary N) is 1. The number of nitrogens with one attached hydrogen (secondary N) is 1. The Morgan fingerprint density at radius 2 is 2.10 bits per heavy atom. The average Bonchev–Trinajstić information content (AvgIpc) is 2.91. The fourth-order valence-electron chi connectivity index (χ4n) is 1.93. The molecule has 2 rings (SSSR count). The van der Waals surface area contributed by atoms with Crippen LogP contribution < -0.4 is 11.1 Å². The lowest BCUT2D eigenvalue weighted by Gasteiger charge is -2.10. The molecule has 0 bridgehead atoms. The molecular formula is C15H21ClN4O. The van der Waals surface area contributed by atoms with Gasteiger partial charge in [0.2, 0.25) is 5.91 Å². The summed E-state index contributed by atoms with van der Waals surface area (Å²) in [5, 5.41) is 2.78. The molecule has 1 aromatic carbocycles. The minimum Gasteiger partial charge on any atom is -0.348 e. The molecule has 0 aliphatic carbocycles. The van der Waals surface area contributed by atoms with Crippen molar-refractivity contribution in [3.63, 3.8) is 0 Å². The molecule has 0 saturated heterocycles. The van der Waals surface area contributed by atoms with Crippen molar-refractivity contribution < 1.29 is 4.79 Å². The van der Waals surface area contributed by atoms with Crippen molar-refractivity contribution in [1.82, 2.24) is 14.9 Å². The first-order valence-electron chi connectivity index (χ1n) is 6.74. The summed E-state index contributed by atoms with van der Waals surface area (Å²) < 4.78 is 2.05. The Kier molecular flexibility index (Phi) is 6.91. The van der Waals surface area contributed by atoms with Gasteiger partial charge >= 0.3 is 0 Å². The molecule has 2 aromatic rings. The van der Waals surface area contributed by atoms with Gasteiger partial charge in [-0.25, -0.2) is 4.98 Å². The van der Waals surface area contributed by atoms with Gasteiger partial charge in [0, 0.05) is 18.9 Å². The SMILES string of the molecule is CC(N)C(=O)NCc1nccn1CCc1ccccc1.Cl. The summed E-state index contributed by atoms with van der Waals surface area (Å²) in [6.45, 7) is 2.91. The molecular weight excluding hydrogens is 288 g/mol. The molecule has 1 aromatic heterocycles. The van der Waals surface area contributed by atoms with E-state index in [0.717, 1.165) is 18.8 Å². The van der Waals surface area contributed by atoms with E-state index in [1.165, 1.54) is 5.56 Å². The number of halogens is 1. The van der Waals surface area contributed by atoms with Crippen LogP contribution in [0.1, 0.15) is 18.3 Å². The van der Waals surface area contributed by atoms with E-state index in [4.69, 9.17) is 5.73 Å². The second-order valence-electron chi connectivity index (χ2n) is 4.78. The van der Waals surface area contributed by atoms with Crippen molar-refractivity contribution in [2.75, 3.05) is 0 Å². The molecule has 114 valence electrons. The smallest absolute Gasteiger partial charge is 0.237 e. The summed E-state index contributed by atoms with van der Waals surface area (Å²) in [4.78, 5) is 15.7. The number of hydrogen-bond donors (Lipinski definition) is 2. The Morgan fingerprint density at radius 3 is 2.76 bits per heavy atom. The molecule has 0 saturated carbocycles. The zero-order chi connectivity index (χ0) is 14.4. The number of benzene rings is 1. The molecule has 0 aliphatic heterocycles. The number of rotatable bonds is 6. The third kappa shape index (κ3) is 5.21. The Balaban J connectivity index is 0.00000220. The minimum atomic E-state index is -0.497. The quantitative estimate of drug-likeness (QED) is 0.849. The van der Waals surface area contributed by atoms with E-state index in [-0.39, 0.29) is 18.3 Å². The molecule has 0 spiro atoms. The van der Waals surface area contributed by atoms with E-state index in [0.29, 0.717) is 6.54 Å². The standard InChI is InChI=1S/C15H20N4O.ClH/c1-12(16)15(20)18-11-14-17-8-10-19(14)9-7-13-5-3-2-4-6-13;/h2-6,8,10,12H,7,9,11,16H2,1H3,(H,18,20);1H. The zero-order valence-electron chi connectivity index (χ0n) is 12.0. The fraction of sp³-hybridized carbons (Fsp3) is 0.333. The van der Waals surface area contributed by atoms with Gasteiger partial charge in [0.25, 0.3) is 0 Å². The normalized spacial score (nSPS) is 11.5. The lowest BCUT2D eigenvalue weighted by atomic mass is 10.1. The third-order valence-corrected chi connectivity index (χ3v) is 3.12. The van der Waals surface area contributed by atoms with E-state index in [1.54, 1.807) is 13.1 Å². The molecule has 0 radical (unpaired) electrons. The van der Waals surface area contributed by atoms with Gasteiger partial charge in [-0.15, -0.1) is 12.4 Å². The Labute approximate surface area is 131 Å². The third-order valence-electron chi connectivity index (χ3n) is 3.12. The van der Waals surface area contributed by atoms with Crippen LogP contribution in [0.4, 0.5) is 0 Å². The molecule has 6 heteroatoms. The number of amides is 1. The van der Waals surface area contributed by atoms with E-state index in [1.807, 2.05) is 24.4 Å². The van der Waals surface area contributed by atoms with Crippen LogP contribution in [0.2, 0.25) is 0 Å². The highest BCUT2D eigenvalue weighted by Crippen LogP contribution is 2.04. The van der Waals surface area contributed by atoms with Crippen LogP contribution >= 0.6 is 12.4 Å². The summed E-state index contributed by atoms with van der Waals surface area (Å²) in [7, 11) is 0. The van der Waals surface area contributed by atoms with Gasteiger partial charge in [0.05, 0.1) is 12.6 Å². The van der Waals surface area contributed by atoms with Crippen LogP contribution in [-0.2, 0) is 24.3 Å². The highest BCUT2D eigenvalue weighted by Gasteiger charge is 2.09. The van der Waals surface area contributed by atoms with E-state index in [2.05, 4.69) is 27.0 Å². The number of nitrogens with zero attached hydrogens (tertiary/aromatic N) is 2. The number of aromatic nitrogens is 2. The minimum absolute atomic E-state index is 0. The summed E-state index contributed by atoms with van der Waals surface area (Å²) in [6.07, 6.45) is 4.61. The lowest BCUT2D eigenvalue weighted by Crippen LogP contribution is -2.38. The first kappa shape index (κ1) is 17.2. The highest BCUT2D eigenvalue weighted by atomic mass is 35.5. The molecule has 1 amide bonds. The summed E-state index contributed by atoms with van der Waals surface area (Å²) in [5.74, 6) is 0.678. The molecule has 21 heavy (non-hydrogen) atoms. The first-order valence-corrected chi connectivity index (χ1v) is 6.74. The van der Waals surface area contributed by atoms with Gasteiger partial charge in [0.1, 0.15) is 5.82 Å². The average molecular weight is 309 g/mol. The summed E-state index contributed by atoms with van der Waals surface area (Å²) in [6, 6.07) is 9.79. The maximum absolute atomic E-state index is 11.5. The Hall–Kier alpha value is -1.85. The largest absolute Gasteiger partial charge is 0.348 e. The Bertz CT molecular complexity index is 554. The van der Waals surface area contributed by atoms with Crippen molar-refractivity contribution in [3.05, 3.63) is 54.1 Å². The highest BCUT2D eigenvalue weighted by molar-refractivity contribution is 5.85. The maximum Gasteiger partial charge on any atom is 0.237 e. The number of carbonyl (C=O) groups excluding carboxylic acids is 1. The van der Waals surface area contributed by atoms with Gasteiger partial charge in [-0.3, -0.25) is 4.79 Å². The molecule has 0 aliphatic rings. The van der Waals surface area contributed by atoms with Crippen molar-refractivity contribution in [1.29, 1.82) is 0 Å². The van der Waals surface area contributed by atoms with Crippen LogP contribution in [0.5, 0.6) is 0 Å². The van der Waals surface area contributed by atoms with Gasteiger partial charge < -0.3 is 15.6 Å². The summed E-state index contributed by atoms with van der Waals surface area (Å²) in [5.41, 5.74) is 6.79. The molecule has 1 atom stereocenters. The van der Waals surface area contributed by atoms with Crippen LogP contribution in [0, 0.1) is 0 Å². The molecule has 3 N–H and O–H groups in total. The van der Waals surface area contributed by atoms with Gasteiger partial charge in [-0.2, -0.15) is 0 Å². The van der Waals surface area contributed by atoms with Crippen LogP contribution in [-0.4, -0.2) is 21.5 Å². The van der Waals surface area contributed by atoms with Crippen molar-refractivity contribution in [3.8, 4) is 0 Å². The van der Waals surface area contributed by atoms with E-state index < -0.39 is 6.04 Å². The Morgan fingerprint density at radius 1 is 1.38 bits per heavy atom. The summed E-state index contributed by atoms with van der Waals surface area (Å²) >= 11 is 0. The maximum atomic E-state index is 11.5.